The number of hydrogen-bond donors (Lipinski definition) is 1. The lowest BCUT2D eigenvalue weighted by molar-refractivity contribution is -0.566. The standard InChI is InChI=1S/C15H24O4.C10H13NOS/c1-9-4-5-11-10(2)8-16-13-15(11)12(9)6-7-14(3,17-13)18-19-15;1-3-10(12)11-8-5-4-6-9(7-8)13-2/h9-13H,4-8H2,1-3H3;4-7H,3H2,1-2H3,(H,11,12)/t9?,10-,11?,12?,13?,14?,15?;/m0./s1. The topological polar surface area (TPSA) is 66.0 Å². The van der Waals surface area contributed by atoms with Crippen molar-refractivity contribution in [1.29, 1.82) is 0 Å². The van der Waals surface area contributed by atoms with Crippen LogP contribution in [0.25, 0.3) is 0 Å². The van der Waals surface area contributed by atoms with Gasteiger partial charge in [0.2, 0.25) is 11.7 Å². The first kappa shape index (κ1) is 24.0. The molecule has 6 unspecified atom stereocenters. The Morgan fingerprint density at radius 3 is 2.69 bits per heavy atom. The van der Waals surface area contributed by atoms with E-state index in [1.54, 1.807) is 11.8 Å². The van der Waals surface area contributed by atoms with Crippen LogP contribution in [-0.4, -0.2) is 36.4 Å². The molecule has 4 saturated heterocycles. The molecule has 1 aromatic rings. The molecule has 4 heterocycles. The zero-order valence-corrected chi connectivity index (χ0v) is 20.7. The molecule has 178 valence electrons. The maximum absolute atomic E-state index is 11.1. The average Bonchev–Trinajstić information content (AvgIpc) is 3.03. The zero-order valence-electron chi connectivity index (χ0n) is 19.9. The summed E-state index contributed by atoms with van der Waals surface area (Å²) in [6.45, 7) is 9.20. The lowest BCUT2D eigenvalue weighted by atomic mass is 9.58. The Balaban J connectivity index is 0.000000166. The van der Waals surface area contributed by atoms with Crippen LogP contribution in [0.3, 0.4) is 0 Å². The minimum absolute atomic E-state index is 0.0539. The van der Waals surface area contributed by atoms with Crippen LogP contribution in [-0.2, 0) is 24.0 Å². The number of anilines is 1. The third kappa shape index (κ3) is 4.47. The number of fused-ring (bicyclic) bond motifs is 2. The van der Waals surface area contributed by atoms with Crippen LogP contribution in [0, 0.1) is 23.7 Å². The number of nitrogens with one attached hydrogen (secondary N) is 1. The van der Waals surface area contributed by atoms with E-state index in [0.29, 0.717) is 30.1 Å². The molecular formula is C25H37NO5S. The number of rotatable bonds is 3. The fourth-order valence-corrected chi connectivity index (χ4v) is 6.29. The van der Waals surface area contributed by atoms with Crippen LogP contribution in [0.1, 0.15) is 59.8 Å². The minimum atomic E-state index is -0.627. The summed E-state index contributed by atoms with van der Waals surface area (Å²) < 4.78 is 12.2. The quantitative estimate of drug-likeness (QED) is 0.463. The first-order valence-electron chi connectivity index (χ1n) is 11.9. The van der Waals surface area contributed by atoms with E-state index in [2.05, 4.69) is 19.2 Å². The van der Waals surface area contributed by atoms with Gasteiger partial charge in [0, 0.05) is 29.3 Å². The smallest absolute Gasteiger partial charge is 0.224 e. The number of amides is 1. The third-order valence-electron chi connectivity index (χ3n) is 7.65. The van der Waals surface area contributed by atoms with Crippen LogP contribution in [0.5, 0.6) is 0 Å². The summed E-state index contributed by atoms with van der Waals surface area (Å²) in [6, 6.07) is 7.83. The number of benzene rings is 1. The lowest BCUT2D eigenvalue weighted by Crippen LogP contribution is -2.68. The first-order valence-corrected chi connectivity index (χ1v) is 13.1. The van der Waals surface area contributed by atoms with Crippen LogP contribution in [0.4, 0.5) is 5.69 Å². The van der Waals surface area contributed by atoms with Crippen molar-refractivity contribution >= 4 is 23.4 Å². The van der Waals surface area contributed by atoms with E-state index in [9.17, 15) is 4.79 Å². The zero-order chi connectivity index (χ0) is 22.9. The van der Waals surface area contributed by atoms with E-state index in [-0.39, 0.29) is 17.8 Å². The van der Waals surface area contributed by atoms with E-state index < -0.39 is 5.79 Å². The van der Waals surface area contributed by atoms with Gasteiger partial charge in [0.05, 0.1) is 6.61 Å². The van der Waals surface area contributed by atoms with Gasteiger partial charge in [-0.1, -0.05) is 26.8 Å². The largest absolute Gasteiger partial charge is 0.349 e. The molecule has 6 rings (SSSR count). The molecule has 7 atom stereocenters. The van der Waals surface area contributed by atoms with Crippen molar-refractivity contribution in [3.05, 3.63) is 24.3 Å². The molecule has 1 aromatic carbocycles. The van der Waals surface area contributed by atoms with Crippen molar-refractivity contribution in [3.63, 3.8) is 0 Å². The van der Waals surface area contributed by atoms with Gasteiger partial charge in [0.25, 0.3) is 0 Å². The Kier molecular flexibility index (Phi) is 7.23. The molecule has 1 saturated carbocycles. The molecule has 1 spiro atoms. The van der Waals surface area contributed by atoms with Gasteiger partial charge in [-0.2, -0.15) is 0 Å². The first-order chi connectivity index (χ1) is 15.3. The SMILES string of the molecule is CC1CCC2[C@@H](C)COC3OC4(C)CCC1C32OO4.CCC(=O)Nc1cccc(SC)c1. The van der Waals surface area contributed by atoms with Gasteiger partial charge in [-0.05, 0) is 68.4 Å². The number of ether oxygens (including phenoxy) is 2. The molecule has 1 amide bonds. The second kappa shape index (κ2) is 9.63. The minimum Gasteiger partial charge on any atom is -0.349 e. The fraction of sp³-hybridized carbons (Fsp3) is 0.720. The summed E-state index contributed by atoms with van der Waals surface area (Å²) in [7, 11) is 0. The molecule has 7 heteroatoms. The molecular weight excluding hydrogens is 426 g/mol. The normalized spacial score (nSPS) is 39.8. The van der Waals surface area contributed by atoms with Crippen molar-refractivity contribution < 1.29 is 24.0 Å². The van der Waals surface area contributed by atoms with Crippen molar-refractivity contribution in [2.45, 2.75) is 82.4 Å². The van der Waals surface area contributed by atoms with Crippen LogP contribution >= 0.6 is 11.8 Å². The van der Waals surface area contributed by atoms with E-state index in [0.717, 1.165) is 30.0 Å². The highest BCUT2D eigenvalue weighted by atomic mass is 32.2. The number of hydrogen-bond acceptors (Lipinski definition) is 6. The van der Waals surface area contributed by atoms with E-state index in [1.165, 1.54) is 12.8 Å². The lowest BCUT2D eigenvalue weighted by Gasteiger charge is -2.58. The van der Waals surface area contributed by atoms with Gasteiger partial charge in [-0.15, -0.1) is 11.8 Å². The molecule has 0 radical (unpaired) electrons. The molecule has 5 fully saturated rings. The summed E-state index contributed by atoms with van der Waals surface area (Å²) in [4.78, 5) is 24.0. The number of carbonyl (C=O) groups is 1. The maximum atomic E-state index is 11.1. The highest BCUT2D eigenvalue weighted by Crippen LogP contribution is 2.59. The molecule has 2 bridgehead atoms. The monoisotopic (exact) mass is 463 g/mol. The highest BCUT2D eigenvalue weighted by Gasteiger charge is 2.67. The average molecular weight is 464 g/mol. The van der Waals surface area contributed by atoms with Gasteiger partial charge >= 0.3 is 0 Å². The Morgan fingerprint density at radius 1 is 1.16 bits per heavy atom. The molecule has 6 nitrogen and oxygen atoms in total. The van der Waals surface area contributed by atoms with Crippen LogP contribution in [0.15, 0.2) is 29.2 Å². The van der Waals surface area contributed by atoms with E-state index in [1.807, 2.05) is 44.4 Å². The van der Waals surface area contributed by atoms with Crippen molar-refractivity contribution in [1.82, 2.24) is 0 Å². The fourth-order valence-electron chi connectivity index (χ4n) is 5.83. The van der Waals surface area contributed by atoms with Crippen molar-refractivity contribution in [3.8, 4) is 0 Å². The second-order valence-corrected chi connectivity index (χ2v) is 10.7. The molecule has 0 aromatic heterocycles. The Labute approximate surface area is 196 Å². The Bertz CT molecular complexity index is 821. The second-order valence-electron chi connectivity index (χ2n) is 9.85. The summed E-state index contributed by atoms with van der Waals surface area (Å²) in [5.74, 6) is 1.58. The molecule has 32 heavy (non-hydrogen) atoms. The van der Waals surface area contributed by atoms with Crippen molar-refractivity contribution in [2.24, 2.45) is 23.7 Å². The van der Waals surface area contributed by atoms with Crippen LogP contribution in [0.2, 0.25) is 0 Å². The molecule has 1 N–H and O–H groups in total. The number of thioether (sulfide) groups is 1. The van der Waals surface area contributed by atoms with Crippen LogP contribution < -0.4 is 5.32 Å². The van der Waals surface area contributed by atoms with Gasteiger partial charge in [-0.25, -0.2) is 9.78 Å². The van der Waals surface area contributed by atoms with Crippen molar-refractivity contribution in [2.75, 3.05) is 18.2 Å². The maximum Gasteiger partial charge on any atom is 0.224 e. The Hall–Kier alpha value is -1.12. The van der Waals surface area contributed by atoms with Gasteiger partial charge in [0.1, 0.15) is 0 Å². The third-order valence-corrected chi connectivity index (χ3v) is 8.37. The Morgan fingerprint density at radius 2 is 1.94 bits per heavy atom. The van der Waals surface area contributed by atoms with Gasteiger partial charge in [0.15, 0.2) is 11.9 Å². The summed E-state index contributed by atoms with van der Waals surface area (Å²) in [5.41, 5.74) is 0.504. The van der Waals surface area contributed by atoms with Gasteiger partial charge < -0.3 is 14.8 Å². The number of carbonyl (C=O) groups excluding carboxylic acids is 1. The highest BCUT2D eigenvalue weighted by molar-refractivity contribution is 7.98. The van der Waals surface area contributed by atoms with Gasteiger partial charge in [-0.3, -0.25) is 4.79 Å². The summed E-state index contributed by atoms with van der Waals surface area (Å²) >= 11 is 1.67. The molecule has 4 aliphatic heterocycles. The van der Waals surface area contributed by atoms with E-state index >= 15 is 0 Å². The summed E-state index contributed by atoms with van der Waals surface area (Å²) in [5, 5.41) is 2.81. The van der Waals surface area contributed by atoms with E-state index in [4.69, 9.17) is 19.2 Å². The summed E-state index contributed by atoms with van der Waals surface area (Å²) in [6.07, 6.45) is 6.77. The molecule has 5 aliphatic rings. The predicted molar refractivity (Wildman–Crippen MR) is 125 cm³/mol. The predicted octanol–water partition coefficient (Wildman–Crippen LogP) is 5.63. The molecule has 1 aliphatic carbocycles.